The Bertz CT molecular complexity index is 1120. The first-order chi connectivity index (χ1) is 33.6. The van der Waals surface area contributed by atoms with Crippen LogP contribution in [0.1, 0.15) is 316 Å². The minimum Gasteiger partial charge on any atom is -0.462 e. The molecular weight excluding hydrogens is 837 g/mol. The molecule has 0 saturated heterocycles. The van der Waals surface area contributed by atoms with E-state index in [0.29, 0.717) is 19.4 Å². The molecule has 0 aromatic rings. The predicted octanol–water partition coefficient (Wildman–Crippen LogP) is 20.7. The van der Waals surface area contributed by atoms with Crippen LogP contribution < -0.4 is 0 Å². The van der Waals surface area contributed by atoms with Gasteiger partial charge in [-0.1, -0.05) is 275 Å². The molecule has 5 nitrogen and oxygen atoms in total. The summed E-state index contributed by atoms with van der Waals surface area (Å²) in [6, 6.07) is 0. The van der Waals surface area contributed by atoms with Crippen LogP contribution in [0.2, 0.25) is 0 Å². The fourth-order valence-corrected chi connectivity index (χ4v) is 8.88. The second kappa shape index (κ2) is 59.2. The van der Waals surface area contributed by atoms with Gasteiger partial charge in [-0.2, -0.15) is 0 Å². The van der Waals surface area contributed by atoms with E-state index in [1.54, 1.807) is 0 Å². The van der Waals surface area contributed by atoms with Gasteiger partial charge in [0.1, 0.15) is 6.61 Å². The summed E-state index contributed by atoms with van der Waals surface area (Å²) < 4.78 is 17.5. The van der Waals surface area contributed by atoms with Gasteiger partial charge in [0.05, 0.1) is 6.61 Å². The van der Waals surface area contributed by atoms with E-state index in [9.17, 15) is 9.59 Å². The fraction of sp³-hybridized carbons (Fsp3) is 0.841. The quantitative estimate of drug-likeness (QED) is 0.0345. The summed E-state index contributed by atoms with van der Waals surface area (Å²) in [6.45, 7) is 7.77. The lowest BCUT2D eigenvalue weighted by molar-refractivity contribution is -0.163. The zero-order valence-electron chi connectivity index (χ0n) is 45.9. The first-order valence-electron chi connectivity index (χ1n) is 30.2. The van der Waals surface area contributed by atoms with Crippen LogP contribution in [0.4, 0.5) is 0 Å². The van der Waals surface area contributed by atoms with Crippen molar-refractivity contribution in [2.45, 2.75) is 322 Å². The van der Waals surface area contributed by atoms with Crippen molar-refractivity contribution < 1.29 is 23.8 Å². The summed E-state index contributed by atoms with van der Waals surface area (Å²) in [5, 5.41) is 0. The summed E-state index contributed by atoms with van der Waals surface area (Å²) in [5.74, 6) is -0.393. The second-order valence-corrected chi connectivity index (χ2v) is 20.2. The molecule has 0 aromatic carbocycles. The summed E-state index contributed by atoms with van der Waals surface area (Å²) in [7, 11) is 0. The van der Waals surface area contributed by atoms with Gasteiger partial charge in [0, 0.05) is 19.4 Å². The second-order valence-electron chi connectivity index (χ2n) is 20.2. The van der Waals surface area contributed by atoms with Crippen molar-refractivity contribution >= 4 is 11.9 Å². The molecule has 0 saturated carbocycles. The first-order valence-corrected chi connectivity index (χ1v) is 30.2. The maximum absolute atomic E-state index is 12.9. The molecule has 398 valence electrons. The van der Waals surface area contributed by atoms with Crippen molar-refractivity contribution in [3.63, 3.8) is 0 Å². The van der Waals surface area contributed by atoms with Gasteiger partial charge in [0.15, 0.2) is 6.10 Å². The molecule has 0 spiro atoms. The number of allylic oxidation sites excluding steroid dienone is 8. The van der Waals surface area contributed by atoms with E-state index in [4.69, 9.17) is 14.2 Å². The number of esters is 2. The average molecular weight is 954 g/mol. The van der Waals surface area contributed by atoms with E-state index in [1.165, 1.54) is 218 Å². The number of rotatable bonds is 56. The Kier molecular flexibility index (Phi) is 57.3. The highest BCUT2D eigenvalue weighted by Crippen LogP contribution is 2.16. The minimum atomic E-state index is -0.540. The van der Waals surface area contributed by atoms with Crippen molar-refractivity contribution in [1.82, 2.24) is 0 Å². The maximum atomic E-state index is 12.9. The smallest absolute Gasteiger partial charge is 0.306 e. The van der Waals surface area contributed by atoms with E-state index in [0.717, 1.165) is 64.2 Å². The summed E-state index contributed by atoms with van der Waals surface area (Å²) >= 11 is 0. The Labute approximate surface area is 424 Å². The van der Waals surface area contributed by atoms with Gasteiger partial charge in [-0.15, -0.1) is 0 Å². The van der Waals surface area contributed by atoms with Gasteiger partial charge in [-0.3, -0.25) is 9.59 Å². The lowest BCUT2D eigenvalue weighted by Gasteiger charge is -2.18. The van der Waals surface area contributed by atoms with Crippen molar-refractivity contribution in [3.8, 4) is 0 Å². The zero-order valence-corrected chi connectivity index (χ0v) is 45.9. The van der Waals surface area contributed by atoms with Gasteiger partial charge in [-0.25, -0.2) is 0 Å². The van der Waals surface area contributed by atoms with Gasteiger partial charge in [0.2, 0.25) is 0 Å². The van der Waals surface area contributed by atoms with Gasteiger partial charge < -0.3 is 14.2 Å². The molecule has 5 heteroatoms. The topological polar surface area (TPSA) is 61.8 Å². The molecule has 0 heterocycles. The van der Waals surface area contributed by atoms with E-state index < -0.39 is 6.10 Å². The third kappa shape index (κ3) is 56.4. The molecular formula is C63H116O5. The van der Waals surface area contributed by atoms with Crippen LogP contribution in [0.25, 0.3) is 0 Å². The van der Waals surface area contributed by atoms with Crippen LogP contribution in [0.3, 0.4) is 0 Å². The number of hydrogen-bond donors (Lipinski definition) is 0. The molecule has 0 aliphatic rings. The summed E-state index contributed by atoms with van der Waals surface area (Å²) in [5.41, 5.74) is 0. The highest BCUT2D eigenvalue weighted by Gasteiger charge is 2.17. The molecule has 0 aliphatic carbocycles. The van der Waals surface area contributed by atoms with Crippen molar-refractivity contribution in [2.75, 3.05) is 19.8 Å². The van der Waals surface area contributed by atoms with Crippen molar-refractivity contribution in [2.24, 2.45) is 0 Å². The van der Waals surface area contributed by atoms with Gasteiger partial charge in [-0.05, 0) is 77.0 Å². The molecule has 0 rings (SSSR count). The van der Waals surface area contributed by atoms with Crippen LogP contribution in [-0.4, -0.2) is 37.9 Å². The Balaban J connectivity index is 4.25. The molecule has 1 unspecified atom stereocenters. The number of hydrogen-bond acceptors (Lipinski definition) is 5. The standard InChI is InChI=1S/C63H116O5/c1-4-7-10-13-16-19-22-25-28-31-32-34-35-38-41-44-47-50-53-56-62(64)67-60-61(59-66-58-55-52-49-46-43-40-37-30-27-24-21-18-15-12-9-6-3)68-63(65)57-54-51-48-45-42-39-36-33-29-26-23-20-17-14-11-8-5-2/h8,11,17,20,25-26,28-29,61H,4-7,9-10,12-16,18-19,21-24,27,30-60H2,1-3H3/b11-8-,20-17-,28-25-,29-26-. The lowest BCUT2D eigenvalue weighted by atomic mass is 10.0. The van der Waals surface area contributed by atoms with E-state index >= 15 is 0 Å². The van der Waals surface area contributed by atoms with Crippen LogP contribution in [0, 0.1) is 0 Å². The van der Waals surface area contributed by atoms with Gasteiger partial charge in [0.25, 0.3) is 0 Å². The highest BCUT2D eigenvalue weighted by molar-refractivity contribution is 5.70. The van der Waals surface area contributed by atoms with Crippen LogP contribution >= 0.6 is 0 Å². The number of carbonyl (C=O) groups excluding carboxylic acids is 2. The third-order valence-electron chi connectivity index (χ3n) is 13.3. The van der Waals surface area contributed by atoms with Crippen molar-refractivity contribution in [3.05, 3.63) is 48.6 Å². The number of ether oxygens (including phenoxy) is 3. The summed E-state index contributed by atoms with van der Waals surface area (Å²) in [6.07, 6.45) is 74.2. The highest BCUT2D eigenvalue weighted by atomic mass is 16.6. The van der Waals surface area contributed by atoms with Crippen LogP contribution in [-0.2, 0) is 23.8 Å². The molecule has 1 atom stereocenters. The molecule has 68 heavy (non-hydrogen) atoms. The first kappa shape index (κ1) is 65.9. The Hall–Kier alpha value is -2.14. The number of unbranched alkanes of at least 4 members (excludes halogenated alkanes) is 37. The SMILES string of the molecule is CC/C=C\C/C=C\C/C=C\CCCCCCCCCC(=O)OC(COCCCCCCCCCCCCCCCCCC)COC(=O)CCCCCCCCCCC/C=C\CCCCCCCC. The van der Waals surface area contributed by atoms with Gasteiger partial charge >= 0.3 is 11.9 Å². The fourth-order valence-electron chi connectivity index (χ4n) is 8.88. The molecule has 0 N–H and O–H groups in total. The predicted molar refractivity (Wildman–Crippen MR) is 298 cm³/mol. The third-order valence-corrected chi connectivity index (χ3v) is 13.3. The zero-order chi connectivity index (χ0) is 49.2. The molecule has 0 fully saturated rings. The molecule has 0 aromatic heterocycles. The Morgan fingerprint density at radius 1 is 0.338 bits per heavy atom. The Morgan fingerprint density at radius 3 is 1.07 bits per heavy atom. The molecule has 0 amide bonds. The van der Waals surface area contributed by atoms with E-state index in [1.807, 2.05) is 0 Å². The Morgan fingerprint density at radius 2 is 0.662 bits per heavy atom. The van der Waals surface area contributed by atoms with Crippen LogP contribution in [0.5, 0.6) is 0 Å². The molecule has 0 radical (unpaired) electrons. The average Bonchev–Trinajstić information content (AvgIpc) is 3.34. The normalized spacial score (nSPS) is 12.5. The van der Waals surface area contributed by atoms with E-state index in [2.05, 4.69) is 69.4 Å². The summed E-state index contributed by atoms with van der Waals surface area (Å²) in [4.78, 5) is 25.6. The van der Waals surface area contributed by atoms with E-state index in [-0.39, 0.29) is 25.2 Å². The number of carbonyl (C=O) groups is 2. The monoisotopic (exact) mass is 953 g/mol. The molecule has 0 aliphatic heterocycles. The maximum Gasteiger partial charge on any atom is 0.306 e. The lowest BCUT2D eigenvalue weighted by Crippen LogP contribution is -2.30. The van der Waals surface area contributed by atoms with Crippen molar-refractivity contribution in [1.29, 1.82) is 0 Å². The molecule has 0 bridgehead atoms. The minimum absolute atomic E-state index is 0.0843. The van der Waals surface area contributed by atoms with Crippen LogP contribution in [0.15, 0.2) is 48.6 Å². The largest absolute Gasteiger partial charge is 0.462 e.